The Morgan fingerprint density at radius 3 is 2.62 bits per heavy atom. The number of carbonyl (C=O) groups is 1. The van der Waals surface area contributed by atoms with E-state index in [-0.39, 0.29) is 30.3 Å². The minimum atomic E-state index is -0.194. The predicted octanol–water partition coefficient (Wildman–Crippen LogP) is 3.58. The lowest BCUT2D eigenvalue weighted by Crippen LogP contribution is -2.37. The van der Waals surface area contributed by atoms with Crippen molar-refractivity contribution in [2.45, 2.75) is 50.9 Å². The molecule has 0 saturated heterocycles. The lowest BCUT2D eigenvalue weighted by Gasteiger charge is -2.23. The minimum Gasteiger partial charge on any atom is -0.486 e. The molecule has 1 unspecified atom stereocenters. The normalized spacial score (nSPS) is 17.7. The van der Waals surface area contributed by atoms with Crippen LogP contribution in [0.15, 0.2) is 65.5 Å². The van der Waals surface area contributed by atoms with E-state index in [9.17, 15) is 9.59 Å². The van der Waals surface area contributed by atoms with Crippen molar-refractivity contribution < 1.29 is 9.53 Å². The van der Waals surface area contributed by atoms with Crippen LogP contribution in [0.25, 0.3) is 0 Å². The lowest BCUT2D eigenvalue weighted by atomic mass is 9.95. The number of rotatable bonds is 6. The number of para-hydroxylation sites is 1. The Labute approximate surface area is 198 Å². The third-order valence-corrected chi connectivity index (χ3v) is 6.47. The van der Waals surface area contributed by atoms with E-state index in [1.54, 1.807) is 12.1 Å². The molecule has 3 aromatic rings. The van der Waals surface area contributed by atoms with E-state index >= 15 is 0 Å². The number of aromatic nitrogens is 2. The highest BCUT2D eigenvalue weighted by atomic mass is 16.5. The van der Waals surface area contributed by atoms with Crippen LogP contribution in [0.2, 0.25) is 0 Å². The molecule has 1 saturated carbocycles. The maximum absolute atomic E-state index is 12.9. The largest absolute Gasteiger partial charge is 0.486 e. The minimum absolute atomic E-state index is 0.0815. The van der Waals surface area contributed by atoms with Gasteiger partial charge in [0.15, 0.2) is 0 Å². The van der Waals surface area contributed by atoms with Gasteiger partial charge in [0.1, 0.15) is 18.5 Å². The molecule has 176 valence electrons. The monoisotopic (exact) mass is 459 g/mol. The van der Waals surface area contributed by atoms with Crippen molar-refractivity contribution in [1.29, 1.82) is 0 Å². The van der Waals surface area contributed by atoms with E-state index in [4.69, 9.17) is 4.74 Å². The van der Waals surface area contributed by atoms with E-state index in [0.29, 0.717) is 23.0 Å². The van der Waals surface area contributed by atoms with Crippen molar-refractivity contribution in [3.63, 3.8) is 0 Å². The molecule has 1 aliphatic carbocycles. The highest BCUT2D eigenvalue weighted by Crippen LogP contribution is 2.27. The van der Waals surface area contributed by atoms with Crippen LogP contribution in [0.4, 0.5) is 5.95 Å². The Kier molecular flexibility index (Phi) is 6.20. The van der Waals surface area contributed by atoms with Crippen LogP contribution in [0, 0.1) is 0 Å². The summed E-state index contributed by atoms with van der Waals surface area (Å²) in [6, 6.07) is 18.8. The summed E-state index contributed by atoms with van der Waals surface area (Å²) in [5.74, 6) is 0.815. The van der Waals surface area contributed by atoms with Gasteiger partial charge in [0.05, 0.1) is 11.3 Å². The molecule has 1 fully saturated rings. The summed E-state index contributed by atoms with van der Waals surface area (Å²) in [7, 11) is 1.85. The van der Waals surface area contributed by atoms with E-state index in [2.05, 4.69) is 15.6 Å². The Bertz CT molecular complexity index is 1220. The van der Waals surface area contributed by atoms with Crippen LogP contribution in [-0.4, -0.2) is 28.7 Å². The molecule has 8 heteroatoms. The maximum atomic E-state index is 12.9. The fourth-order valence-corrected chi connectivity index (χ4v) is 4.70. The van der Waals surface area contributed by atoms with E-state index in [0.717, 1.165) is 31.2 Å². The van der Waals surface area contributed by atoms with Crippen LogP contribution in [-0.2, 0) is 6.61 Å². The van der Waals surface area contributed by atoms with Gasteiger partial charge in [-0.15, -0.1) is 0 Å². The Hall–Kier alpha value is -3.81. The first-order valence-electron chi connectivity index (χ1n) is 11.8. The number of fused-ring (bicyclic) bond motifs is 1. The zero-order chi connectivity index (χ0) is 23.5. The molecular formula is C26H29N5O3. The molecule has 2 N–H and O–H groups in total. The van der Waals surface area contributed by atoms with Gasteiger partial charge in [0.2, 0.25) is 5.95 Å². The molecule has 1 aliphatic heterocycles. The third kappa shape index (κ3) is 4.48. The zero-order valence-electron chi connectivity index (χ0n) is 19.2. The van der Waals surface area contributed by atoms with Crippen molar-refractivity contribution in [3.05, 3.63) is 87.8 Å². The van der Waals surface area contributed by atoms with Crippen LogP contribution < -0.4 is 25.9 Å². The average molecular weight is 460 g/mol. The number of hydrogen-bond donors (Lipinski definition) is 2. The SMILES string of the molecule is CN1C(c2ccccc2)Nc2nc(COc3ccccc3C(=O)NC3CCCCC3)cc(=O)n21. The van der Waals surface area contributed by atoms with Gasteiger partial charge in [-0.2, -0.15) is 4.68 Å². The molecule has 8 nitrogen and oxygen atoms in total. The van der Waals surface area contributed by atoms with E-state index in [1.807, 2.05) is 54.5 Å². The summed E-state index contributed by atoms with van der Waals surface area (Å²) in [6.45, 7) is 0.0815. The second kappa shape index (κ2) is 9.59. The molecule has 0 spiro atoms. The fourth-order valence-electron chi connectivity index (χ4n) is 4.70. The van der Waals surface area contributed by atoms with Crippen LogP contribution in [0.5, 0.6) is 5.75 Å². The first-order valence-corrected chi connectivity index (χ1v) is 11.8. The van der Waals surface area contributed by atoms with Crippen LogP contribution in [0.3, 0.4) is 0 Å². The molecule has 2 aromatic carbocycles. The van der Waals surface area contributed by atoms with Gasteiger partial charge in [-0.05, 0) is 30.5 Å². The first kappa shape index (κ1) is 22.0. The molecule has 1 aromatic heterocycles. The van der Waals surface area contributed by atoms with Gasteiger partial charge in [0, 0.05) is 19.2 Å². The van der Waals surface area contributed by atoms with Gasteiger partial charge in [-0.25, -0.2) is 4.98 Å². The second-order valence-corrected chi connectivity index (χ2v) is 8.85. The standard InChI is InChI=1S/C26H29N5O3/c1-30-24(18-10-4-2-5-11-18)29-26-28-20(16-23(32)31(26)30)17-34-22-15-9-8-14-21(22)25(33)27-19-12-6-3-7-13-19/h2,4-5,8-11,14-16,19,24H,3,6-7,12-13,17H2,1H3,(H,27,33)(H,28,29). The van der Waals surface area contributed by atoms with Gasteiger partial charge in [0.25, 0.3) is 11.5 Å². The van der Waals surface area contributed by atoms with E-state index < -0.39 is 0 Å². The van der Waals surface area contributed by atoms with Crippen molar-refractivity contribution in [2.24, 2.45) is 0 Å². The molecule has 2 aliphatic rings. The van der Waals surface area contributed by atoms with E-state index in [1.165, 1.54) is 17.2 Å². The second-order valence-electron chi connectivity index (χ2n) is 8.85. The average Bonchev–Trinajstić information content (AvgIpc) is 3.20. The third-order valence-electron chi connectivity index (χ3n) is 6.47. The molecule has 1 atom stereocenters. The van der Waals surface area contributed by atoms with Gasteiger partial charge in [-0.1, -0.05) is 61.7 Å². The number of benzene rings is 2. The summed E-state index contributed by atoms with van der Waals surface area (Å²) in [6.07, 6.45) is 5.37. The number of carbonyl (C=O) groups excluding carboxylic acids is 1. The number of nitrogens with zero attached hydrogens (tertiary/aromatic N) is 3. The first-order chi connectivity index (χ1) is 16.6. The molecule has 1 amide bonds. The maximum Gasteiger partial charge on any atom is 0.274 e. The molecule has 0 bridgehead atoms. The molecular weight excluding hydrogens is 430 g/mol. The summed E-state index contributed by atoms with van der Waals surface area (Å²) >= 11 is 0. The van der Waals surface area contributed by atoms with Gasteiger partial charge >= 0.3 is 0 Å². The fraction of sp³-hybridized carbons (Fsp3) is 0.346. The summed E-state index contributed by atoms with van der Waals surface area (Å²) in [4.78, 5) is 30.3. The quantitative estimate of drug-likeness (QED) is 0.586. The molecule has 34 heavy (non-hydrogen) atoms. The molecule has 0 radical (unpaired) electrons. The number of anilines is 1. The van der Waals surface area contributed by atoms with Crippen molar-refractivity contribution in [1.82, 2.24) is 15.0 Å². The van der Waals surface area contributed by atoms with Crippen LogP contribution in [0.1, 0.15) is 59.9 Å². The van der Waals surface area contributed by atoms with Gasteiger partial charge in [-0.3, -0.25) is 14.6 Å². The number of nitrogens with one attached hydrogen (secondary N) is 2. The van der Waals surface area contributed by atoms with Crippen LogP contribution >= 0.6 is 0 Å². The highest BCUT2D eigenvalue weighted by Gasteiger charge is 2.29. The van der Waals surface area contributed by atoms with Gasteiger partial charge < -0.3 is 15.4 Å². The van der Waals surface area contributed by atoms with Crippen molar-refractivity contribution in [3.8, 4) is 5.75 Å². The summed E-state index contributed by atoms with van der Waals surface area (Å²) < 4.78 is 7.49. The molecule has 2 heterocycles. The lowest BCUT2D eigenvalue weighted by molar-refractivity contribution is 0.0923. The number of hydrogen-bond acceptors (Lipinski definition) is 6. The zero-order valence-corrected chi connectivity index (χ0v) is 19.2. The summed E-state index contributed by atoms with van der Waals surface area (Å²) in [5, 5.41) is 8.28. The topological polar surface area (TPSA) is 88.5 Å². The Balaban J connectivity index is 1.30. The highest BCUT2D eigenvalue weighted by molar-refractivity contribution is 5.97. The smallest absolute Gasteiger partial charge is 0.274 e. The Morgan fingerprint density at radius 2 is 1.82 bits per heavy atom. The number of amides is 1. The molecule has 5 rings (SSSR count). The predicted molar refractivity (Wildman–Crippen MR) is 131 cm³/mol. The number of ether oxygens (including phenoxy) is 1. The Morgan fingerprint density at radius 1 is 1.09 bits per heavy atom. The van der Waals surface area contributed by atoms with Crippen molar-refractivity contribution in [2.75, 3.05) is 17.4 Å². The summed E-state index contributed by atoms with van der Waals surface area (Å²) in [5.41, 5.74) is 1.83. The van der Waals surface area contributed by atoms with Crippen molar-refractivity contribution >= 4 is 11.9 Å².